The zero-order chi connectivity index (χ0) is 12.8. The predicted octanol–water partition coefficient (Wildman–Crippen LogP) is 2.80. The summed E-state index contributed by atoms with van der Waals surface area (Å²) in [5.74, 6) is 0.942. The lowest BCUT2D eigenvalue weighted by atomic mass is 10.1. The fourth-order valence-corrected chi connectivity index (χ4v) is 2.26. The highest BCUT2D eigenvalue weighted by atomic mass is 16.3. The molecule has 0 radical (unpaired) electrons. The highest BCUT2D eigenvalue weighted by Gasteiger charge is 2.22. The summed E-state index contributed by atoms with van der Waals surface area (Å²) in [7, 11) is 1.96. The lowest BCUT2D eigenvalue weighted by molar-refractivity contribution is 0.602. The second-order valence-electron chi connectivity index (χ2n) is 4.99. The molecule has 0 aliphatic heterocycles. The molecule has 1 saturated carbocycles. The Kier molecular flexibility index (Phi) is 2.15. The molecule has 96 valence electrons. The van der Waals surface area contributed by atoms with E-state index in [9.17, 15) is 0 Å². The van der Waals surface area contributed by atoms with E-state index in [1.54, 1.807) is 0 Å². The molecule has 2 aromatic heterocycles. The van der Waals surface area contributed by atoms with E-state index in [-0.39, 0.29) is 0 Å². The fraction of sp³-hybridized carbons (Fsp3) is 0.286. The largest absolute Gasteiger partial charge is 0.443 e. The lowest BCUT2D eigenvalue weighted by Crippen LogP contribution is -2.01. The Morgan fingerprint density at radius 3 is 3.05 bits per heavy atom. The maximum atomic E-state index is 5.34. The van der Waals surface area contributed by atoms with Crippen molar-refractivity contribution in [3.63, 3.8) is 0 Å². The van der Waals surface area contributed by atoms with Crippen LogP contribution in [0.1, 0.15) is 12.8 Å². The maximum absolute atomic E-state index is 5.34. The molecular formula is C14H14N4O. The van der Waals surface area contributed by atoms with Gasteiger partial charge in [-0.25, -0.2) is 4.98 Å². The number of aryl methyl sites for hydroxylation is 1. The van der Waals surface area contributed by atoms with Gasteiger partial charge in [-0.3, -0.25) is 4.68 Å². The van der Waals surface area contributed by atoms with Crippen LogP contribution in [0.25, 0.3) is 22.4 Å². The summed E-state index contributed by atoms with van der Waals surface area (Å²) >= 11 is 0. The molecule has 0 atom stereocenters. The molecule has 1 fully saturated rings. The van der Waals surface area contributed by atoms with Gasteiger partial charge >= 0.3 is 0 Å². The second kappa shape index (κ2) is 3.85. The number of aromatic nitrogens is 3. The summed E-state index contributed by atoms with van der Waals surface area (Å²) in [5, 5.41) is 7.91. The molecule has 2 heterocycles. The lowest BCUT2D eigenvalue weighted by Gasteiger charge is -2.00. The van der Waals surface area contributed by atoms with Gasteiger partial charge in [-0.1, -0.05) is 6.07 Å². The van der Waals surface area contributed by atoms with Crippen LogP contribution in [0.15, 0.2) is 35.1 Å². The number of rotatable bonds is 3. The molecule has 3 aromatic rings. The SMILES string of the molecule is Cn1nc(NC2CC2)cc1-c1ccc2ncoc2c1. The molecular weight excluding hydrogens is 240 g/mol. The highest BCUT2D eigenvalue weighted by molar-refractivity contribution is 5.79. The van der Waals surface area contributed by atoms with E-state index in [1.807, 2.05) is 29.9 Å². The molecule has 0 saturated heterocycles. The van der Waals surface area contributed by atoms with E-state index in [0.717, 1.165) is 28.2 Å². The molecule has 0 bridgehead atoms. The molecule has 0 amide bonds. The zero-order valence-electron chi connectivity index (χ0n) is 10.6. The molecule has 19 heavy (non-hydrogen) atoms. The Bertz CT molecular complexity index is 739. The zero-order valence-corrected chi connectivity index (χ0v) is 10.6. The molecule has 1 N–H and O–H groups in total. The van der Waals surface area contributed by atoms with Crippen molar-refractivity contribution in [1.29, 1.82) is 0 Å². The first kappa shape index (κ1) is 10.6. The van der Waals surface area contributed by atoms with E-state index in [2.05, 4.69) is 21.5 Å². The van der Waals surface area contributed by atoms with Gasteiger partial charge in [-0.05, 0) is 25.0 Å². The molecule has 1 aromatic carbocycles. The first-order chi connectivity index (χ1) is 9.29. The fourth-order valence-electron chi connectivity index (χ4n) is 2.26. The van der Waals surface area contributed by atoms with Crippen molar-refractivity contribution >= 4 is 16.9 Å². The van der Waals surface area contributed by atoms with Gasteiger partial charge in [-0.2, -0.15) is 5.10 Å². The van der Waals surface area contributed by atoms with Crippen molar-refractivity contribution in [3.8, 4) is 11.3 Å². The summed E-state index contributed by atoms with van der Waals surface area (Å²) in [6, 6.07) is 8.70. The third-order valence-electron chi connectivity index (χ3n) is 3.44. The van der Waals surface area contributed by atoms with Crippen LogP contribution in [-0.2, 0) is 7.05 Å². The maximum Gasteiger partial charge on any atom is 0.181 e. The summed E-state index contributed by atoms with van der Waals surface area (Å²) in [6.45, 7) is 0. The van der Waals surface area contributed by atoms with Crippen LogP contribution >= 0.6 is 0 Å². The quantitative estimate of drug-likeness (QED) is 0.780. The second-order valence-corrected chi connectivity index (χ2v) is 4.99. The van der Waals surface area contributed by atoms with Gasteiger partial charge in [0.15, 0.2) is 12.0 Å². The topological polar surface area (TPSA) is 55.9 Å². The average molecular weight is 254 g/mol. The Labute approximate surface area is 110 Å². The smallest absolute Gasteiger partial charge is 0.181 e. The monoisotopic (exact) mass is 254 g/mol. The minimum atomic E-state index is 0.611. The molecule has 4 rings (SSSR count). The number of hydrogen-bond donors (Lipinski definition) is 1. The van der Waals surface area contributed by atoms with E-state index in [0.29, 0.717) is 6.04 Å². The van der Waals surface area contributed by atoms with Crippen molar-refractivity contribution in [2.45, 2.75) is 18.9 Å². The normalized spacial score (nSPS) is 15.0. The number of oxazole rings is 1. The van der Waals surface area contributed by atoms with E-state index in [1.165, 1.54) is 19.2 Å². The van der Waals surface area contributed by atoms with Gasteiger partial charge in [0.25, 0.3) is 0 Å². The Morgan fingerprint density at radius 2 is 2.21 bits per heavy atom. The van der Waals surface area contributed by atoms with Crippen molar-refractivity contribution in [1.82, 2.24) is 14.8 Å². The van der Waals surface area contributed by atoms with Crippen LogP contribution in [0.3, 0.4) is 0 Å². The van der Waals surface area contributed by atoms with Crippen LogP contribution in [0.4, 0.5) is 5.82 Å². The molecule has 1 aliphatic carbocycles. The van der Waals surface area contributed by atoms with Crippen molar-refractivity contribution < 1.29 is 4.42 Å². The number of anilines is 1. The van der Waals surface area contributed by atoms with E-state index >= 15 is 0 Å². The van der Waals surface area contributed by atoms with Crippen LogP contribution in [0, 0.1) is 0 Å². The molecule has 5 nitrogen and oxygen atoms in total. The number of benzene rings is 1. The Balaban J connectivity index is 1.74. The minimum Gasteiger partial charge on any atom is -0.443 e. The summed E-state index contributed by atoms with van der Waals surface area (Å²) in [5.41, 5.74) is 3.84. The van der Waals surface area contributed by atoms with Gasteiger partial charge in [0.05, 0.1) is 5.69 Å². The first-order valence-electron chi connectivity index (χ1n) is 6.44. The van der Waals surface area contributed by atoms with Crippen molar-refractivity contribution in [2.75, 3.05) is 5.32 Å². The Hall–Kier alpha value is -2.30. The average Bonchev–Trinajstić information content (AvgIpc) is 2.96. The molecule has 1 aliphatic rings. The Morgan fingerprint density at radius 1 is 1.32 bits per heavy atom. The number of hydrogen-bond acceptors (Lipinski definition) is 4. The first-order valence-corrected chi connectivity index (χ1v) is 6.44. The van der Waals surface area contributed by atoms with Crippen LogP contribution in [0.5, 0.6) is 0 Å². The third kappa shape index (κ3) is 1.87. The molecule has 5 heteroatoms. The van der Waals surface area contributed by atoms with Crippen LogP contribution in [-0.4, -0.2) is 20.8 Å². The van der Waals surface area contributed by atoms with Crippen molar-refractivity contribution in [3.05, 3.63) is 30.7 Å². The van der Waals surface area contributed by atoms with E-state index in [4.69, 9.17) is 4.42 Å². The molecule has 0 unspecified atom stereocenters. The van der Waals surface area contributed by atoms with Crippen molar-refractivity contribution in [2.24, 2.45) is 7.05 Å². The predicted molar refractivity (Wildman–Crippen MR) is 72.9 cm³/mol. The number of nitrogens with one attached hydrogen (secondary N) is 1. The standard InChI is InChI=1S/C14H14N4O/c1-18-12(7-14(17-18)16-10-3-4-10)9-2-5-11-13(6-9)19-8-15-11/h2,5-8,10H,3-4H2,1H3,(H,16,17). The van der Waals surface area contributed by atoms with Gasteiger partial charge in [0.1, 0.15) is 11.3 Å². The van der Waals surface area contributed by atoms with Gasteiger partial charge in [0.2, 0.25) is 0 Å². The van der Waals surface area contributed by atoms with E-state index < -0.39 is 0 Å². The van der Waals surface area contributed by atoms with Gasteiger partial charge in [-0.15, -0.1) is 0 Å². The summed E-state index contributed by atoms with van der Waals surface area (Å²) in [4.78, 5) is 4.13. The molecule has 0 spiro atoms. The minimum absolute atomic E-state index is 0.611. The van der Waals surface area contributed by atoms with Crippen LogP contribution in [0.2, 0.25) is 0 Å². The number of nitrogens with zero attached hydrogens (tertiary/aromatic N) is 3. The highest BCUT2D eigenvalue weighted by Crippen LogP contribution is 2.28. The summed E-state index contributed by atoms with van der Waals surface area (Å²) < 4.78 is 7.24. The van der Waals surface area contributed by atoms with Gasteiger partial charge in [0, 0.05) is 24.7 Å². The number of fused-ring (bicyclic) bond motifs is 1. The van der Waals surface area contributed by atoms with Crippen LogP contribution < -0.4 is 5.32 Å². The third-order valence-corrected chi connectivity index (χ3v) is 3.44. The van der Waals surface area contributed by atoms with Gasteiger partial charge < -0.3 is 9.73 Å². The summed E-state index contributed by atoms with van der Waals surface area (Å²) in [6.07, 6.45) is 3.96.